The van der Waals surface area contributed by atoms with Crippen molar-refractivity contribution in [3.63, 3.8) is 0 Å². The molecule has 1 aliphatic heterocycles. The Morgan fingerprint density at radius 2 is 1.97 bits per heavy atom. The number of carbonyl (C=O) groups is 3. The average molecular weight is 443 g/mol. The van der Waals surface area contributed by atoms with Gasteiger partial charge in [-0.15, -0.1) is 0 Å². The standard InChI is InChI=1S/C21H26FN7O3/c1-13(2)10-16(30)27-6-8-28(9-7-27)21(32)19(31)14-11-25-18-17(14)15(22)12-26-20(18)29(23)5-4-24-3/h4-5,11-13,25H,3,6-10,23H2,1-2H3/b5-4-. The Bertz CT molecular complexity index is 1070. The number of ketones is 1. The van der Waals surface area contributed by atoms with Gasteiger partial charge >= 0.3 is 0 Å². The number of piperazine rings is 1. The Labute approximate surface area is 184 Å². The molecule has 2 aromatic heterocycles. The monoisotopic (exact) mass is 443 g/mol. The summed E-state index contributed by atoms with van der Waals surface area (Å²) in [6.07, 6.45) is 5.32. The molecule has 3 N–H and O–H groups in total. The normalized spacial score (nSPS) is 14.4. The second kappa shape index (κ2) is 9.69. The Kier molecular flexibility index (Phi) is 6.98. The molecule has 1 aliphatic rings. The van der Waals surface area contributed by atoms with Gasteiger partial charge in [-0.25, -0.2) is 15.2 Å². The molecule has 0 aliphatic carbocycles. The summed E-state index contributed by atoms with van der Waals surface area (Å²) < 4.78 is 14.6. The molecule has 2 amide bonds. The molecular formula is C21H26FN7O3. The summed E-state index contributed by atoms with van der Waals surface area (Å²) in [5.41, 5.74) is 0.0603. The number of carbonyl (C=O) groups excluding carboxylic acids is 3. The van der Waals surface area contributed by atoms with E-state index >= 15 is 0 Å². The number of hydrazine groups is 1. The largest absolute Gasteiger partial charge is 0.357 e. The average Bonchev–Trinajstić information content (AvgIpc) is 3.22. The lowest BCUT2D eigenvalue weighted by Crippen LogP contribution is -2.52. The van der Waals surface area contributed by atoms with Gasteiger partial charge in [-0.2, -0.15) is 0 Å². The van der Waals surface area contributed by atoms with Gasteiger partial charge in [0, 0.05) is 51.2 Å². The minimum Gasteiger partial charge on any atom is -0.357 e. The van der Waals surface area contributed by atoms with Gasteiger partial charge in [-0.05, 0) is 12.6 Å². The number of aromatic nitrogens is 2. The first-order valence-electron chi connectivity index (χ1n) is 10.2. The van der Waals surface area contributed by atoms with Crippen LogP contribution in [0.15, 0.2) is 29.8 Å². The zero-order valence-corrected chi connectivity index (χ0v) is 18.0. The number of pyridine rings is 1. The van der Waals surface area contributed by atoms with E-state index < -0.39 is 17.5 Å². The van der Waals surface area contributed by atoms with Crippen LogP contribution in [0.2, 0.25) is 0 Å². The molecule has 0 radical (unpaired) electrons. The number of fused-ring (bicyclic) bond motifs is 1. The lowest BCUT2D eigenvalue weighted by Gasteiger charge is -2.34. The van der Waals surface area contributed by atoms with Gasteiger partial charge in [0.25, 0.3) is 11.7 Å². The molecule has 10 nitrogen and oxygen atoms in total. The van der Waals surface area contributed by atoms with Gasteiger partial charge in [0.1, 0.15) is 0 Å². The number of Topliss-reactive ketones (excluding diaryl/α,β-unsaturated/α-hetero) is 1. The number of rotatable bonds is 7. The number of aromatic amines is 1. The van der Waals surface area contributed by atoms with E-state index in [0.717, 1.165) is 11.2 Å². The number of anilines is 1. The molecule has 0 saturated carbocycles. The van der Waals surface area contributed by atoms with Crippen LogP contribution in [-0.4, -0.2) is 70.3 Å². The second-order valence-electron chi connectivity index (χ2n) is 7.87. The molecule has 3 rings (SSSR count). The molecule has 3 heterocycles. The summed E-state index contributed by atoms with van der Waals surface area (Å²) in [7, 11) is 0. The molecule has 0 aromatic carbocycles. The fourth-order valence-electron chi connectivity index (χ4n) is 3.56. The second-order valence-corrected chi connectivity index (χ2v) is 7.87. The predicted molar refractivity (Wildman–Crippen MR) is 118 cm³/mol. The minimum atomic E-state index is -0.846. The highest BCUT2D eigenvalue weighted by Crippen LogP contribution is 2.28. The van der Waals surface area contributed by atoms with Gasteiger partial charge in [-0.1, -0.05) is 13.8 Å². The van der Waals surface area contributed by atoms with Crippen molar-refractivity contribution >= 4 is 41.0 Å². The number of aliphatic imine (C=N–C) groups is 1. The summed E-state index contributed by atoms with van der Waals surface area (Å²) in [5, 5.41) is 1.02. The third kappa shape index (κ3) is 4.67. The highest BCUT2D eigenvalue weighted by Gasteiger charge is 2.31. The number of nitrogens with zero attached hydrogens (tertiary/aromatic N) is 5. The van der Waals surface area contributed by atoms with E-state index in [2.05, 4.69) is 21.7 Å². The van der Waals surface area contributed by atoms with Crippen LogP contribution in [-0.2, 0) is 9.59 Å². The van der Waals surface area contributed by atoms with Crippen LogP contribution in [0.3, 0.4) is 0 Å². The molecular weight excluding hydrogens is 417 g/mol. The van der Waals surface area contributed by atoms with E-state index in [1.165, 1.54) is 23.5 Å². The van der Waals surface area contributed by atoms with Crippen LogP contribution in [0.4, 0.5) is 10.2 Å². The van der Waals surface area contributed by atoms with Crippen LogP contribution in [0.5, 0.6) is 0 Å². The van der Waals surface area contributed by atoms with Crippen LogP contribution in [0, 0.1) is 11.7 Å². The molecule has 0 atom stereocenters. The number of nitrogens with two attached hydrogens (primary N) is 1. The van der Waals surface area contributed by atoms with E-state index in [1.807, 2.05) is 13.8 Å². The zero-order chi connectivity index (χ0) is 23.4. The van der Waals surface area contributed by atoms with E-state index in [9.17, 15) is 18.8 Å². The van der Waals surface area contributed by atoms with E-state index in [4.69, 9.17) is 5.84 Å². The Morgan fingerprint density at radius 3 is 2.59 bits per heavy atom. The maximum absolute atomic E-state index is 14.6. The number of halogens is 1. The van der Waals surface area contributed by atoms with Gasteiger partial charge in [-0.3, -0.25) is 24.4 Å². The van der Waals surface area contributed by atoms with E-state index in [1.54, 1.807) is 4.90 Å². The smallest absolute Gasteiger partial charge is 0.295 e. The van der Waals surface area contributed by atoms with Gasteiger partial charge in [0.15, 0.2) is 11.6 Å². The van der Waals surface area contributed by atoms with Gasteiger partial charge in [0.05, 0.1) is 22.7 Å². The molecule has 0 unspecified atom stereocenters. The fourth-order valence-corrected chi connectivity index (χ4v) is 3.56. The van der Waals surface area contributed by atoms with Crippen molar-refractivity contribution in [2.75, 3.05) is 31.2 Å². The number of hydrogen-bond donors (Lipinski definition) is 2. The minimum absolute atomic E-state index is 0.0317. The fraction of sp³-hybridized carbons (Fsp3) is 0.381. The van der Waals surface area contributed by atoms with Crippen molar-refractivity contribution in [3.8, 4) is 0 Å². The van der Waals surface area contributed by atoms with Crippen LogP contribution in [0.25, 0.3) is 10.9 Å². The Hall–Kier alpha value is -3.60. The number of H-pyrrole nitrogens is 1. The molecule has 2 aromatic rings. The highest BCUT2D eigenvalue weighted by molar-refractivity contribution is 6.45. The van der Waals surface area contributed by atoms with Gasteiger partial charge < -0.3 is 14.8 Å². The lowest BCUT2D eigenvalue weighted by atomic mass is 10.1. The summed E-state index contributed by atoms with van der Waals surface area (Å²) in [6.45, 7) is 8.42. The Balaban J connectivity index is 1.79. The maximum atomic E-state index is 14.6. The summed E-state index contributed by atoms with van der Waals surface area (Å²) in [4.78, 5) is 51.3. The number of amides is 2. The third-order valence-electron chi connectivity index (χ3n) is 5.16. The van der Waals surface area contributed by atoms with Crippen molar-refractivity contribution in [2.45, 2.75) is 20.3 Å². The summed E-state index contributed by atoms with van der Waals surface area (Å²) >= 11 is 0. The number of hydrogen-bond acceptors (Lipinski definition) is 7. The van der Waals surface area contributed by atoms with Crippen molar-refractivity contribution < 1.29 is 18.8 Å². The van der Waals surface area contributed by atoms with Crippen LogP contribution < -0.4 is 10.9 Å². The van der Waals surface area contributed by atoms with Crippen molar-refractivity contribution in [1.82, 2.24) is 19.8 Å². The molecule has 1 saturated heterocycles. The van der Waals surface area contributed by atoms with E-state index in [-0.39, 0.29) is 47.2 Å². The molecule has 0 spiro atoms. The Morgan fingerprint density at radius 1 is 1.31 bits per heavy atom. The molecule has 11 heteroatoms. The molecule has 1 fully saturated rings. The lowest BCUT2D eigenvalue weighted by molar-refractivity contribution is -0.137. The van der Waals surface area contributed by atoms with Gasteiger partial charge in [0.2, 0.25) is 5.91 Å². The first-order valence-corrected chi connectivity index (χ1v) is 10.2. The van der Waals surface area contributed by atoms with E-state index in [0.29, 0.717) is 19.5 Å². The SMILES string of the molecule is C=N/C=C\N(N)c1ncc(F)c2c(C(=O)C(=O)N3CCN(C(=O)CC(C)C)CC3)c[nH]c12. The van der Waals surface area contributed by atoms with Crippen molar-refractivity contribution in [2.24, 2.45) is 16.8 Å². The summed E-state index contributed by atoms with van der Waals surface area (Å²) in [5.74, 6) is 3.95. The van der Waals surface area contributed by atoms with Crippen LogP contribution >= 0.6 is 0 Å². The van der Waals surface area contributed by atoms with Crippen molar-refractivity contribution in [1.29, 1.82) is 0 Å². The molecule has 0 bridgehead atoms. The van der Waals surface area contributed by atoms with Crippen molar-refractivity contribution in [3.05, 3.63) is 36.2 Å². The third-order valence-corrected chi connectivity index (χ3v) is 5.16. The zero-order valence-electron chi connectivity index (χ0n) is 18.0. The topological polar surface area (TPSA) is 128 Å². The molecule has 170 valence electrons. The summed E-state index contributed by atoms with van der Waals surface area (Å²) in [6, 6.07) is 0. The first-order chi connectivity index (χ1) is 15.2. The molecule has 32 heavy (non-hydrogen) atoms. The quantitative estimate of drug-likeness (QED) is 0.219. The maximum Gasteiger partial charge on any atom is 0.295 e. The first kappa shape index (κ1) is 23.1. The number of nitrogens with one attached hydrogen (secondary N) is 1. The van der Waals surface area contributed by atoms with Crippen LogP contribution in [0.1, 0.15) is 30.6 Å². The predicted octanol–water partition coefficient (Wildman–Crippen LogP) is 1.45. The highest BCUT2D eigenvalue weighted by atomic mass is 19.1.